The quantitative estimate of drug-likeness (QED) is 0.617. The van der Waals surface area contributed by atoms with E-state index in [1.807, 2.05) is 0 Å². The summed E-state index contributed by atoms with van der Waals surface area (Å²) >= 11 is 0. The molecule has 1 unspecified atom stereocenters. The molecular formula is C10H15F3O5. The van der Waals surface area contributed by atoms with Gasteiger partial charge in [-0.2, -0.15) is 13.2 Å². The van der Waals surface area contributed by atoms with Crippen molar-refractivity contribution in [3.05, 3.63) is 0 Å². The zero-order valence-electron chi connectivity index (χ0n) is 10.4. The second-order valence-electron chi connectivity index (χ2n) is 4.43. The third-order valence-corrected chi connectivity index (χ3v) is 1.68. The second-order valence-corrected chi connectivity index (χ2v) is 4.43. The van der Waals surface area contributed by atoms with Gasteiger partial charge in [0, 0.05) is 0 Å². The average Bonchev–Trinajstić information content (AvgIpc) is 2.11. The Balaban J connectivity index is 5.37. The van der Waals surface area contributed by atoms with Gasteiger partial charge >= 0.3 is 23.7 Å². The SMILES string of the molecule is CCOC(=O)C(O)(C(=O)OC(C)(C)C)C(F)(F)F. The molecule has 0 saturated heterocycles. The Hall–Kier alpha value is -1.31. The minimum Gasteiger partial charge on any atom is -0.463 e. The number of aliphatic hydroxyl groups is 1. The predicted octanol–water partition coefficient (Wildman–Crippen LogP) is 1.18. The summed E-state index contributed by atoms with van der Waals surface area (Å²) < 4.78 is 46.4. The van der Waals surface area contributed by atoms with E-state index in [0.29, 0.717) is 0 Å². The van der Waals surface area contributed by atoms with Crippen molar-refractivity contribution in [2.45, 2.75) is 45.1 Å². The summed E-state index contributed by atoms with van der Waals surface area (Å²) in [6.45, 7) is 4.72. The van der Waals surface area contributed by atoms with Crippen LogP contribution in [0.15, 0.2) is 0 Å². The van der Waals surface area contributed by atoms with Crippen molar-refractivity contribution >= 4 is 11.9 Å². The molecule has 0 amide bonds. The largest absolute Gasteiger partial charge is 0.463 e. The van der Waals surface area contributed by atoms with Gasteiger partial charge in [-0.15, -0.1) is 0 Å². The summed E-state index contributed by atoms with van der Waals surface area (Å²) in [5.41, 5.74) is -5.60. The first kappa shape index (κ1) is 16.7. The Morgan fingerprint density at radius 3 is 1.83 bits per heavy atom. The van der Waals surface area contributed by atoms with Crippen molar-refractivity contribution in [2.75, 3.05) is 6.61 Å². The number of carbonyl (C=O) groups excluding carboxylic acids is 2. The van der Waals surface area contributed by atoms with Gasteiger partial charge in [0.1, 0.15) is 5.60 Å². The molecule has 0 aliphatic carbocycles. The van der Waals surface area contributed by atoms with Crippen LogP contribution in [0.5, 0.6) is 0 Å². The fourth-order valence-electron chi connectivity index (χ4n) is 0.902. The Labute approximate surface area is 102 Å². The number of hydrogen-bond donors (Lipinski definition) is 1. The highest BCUT2D eigenvalue weighted by molar-refractivity contribution is 6.04. The zero-order chi connectivity index (χ0) is 14.8. The summed E-state index contributed by atoms with van der Waals surface area (Å²) in [5.74, 6) is -4.22. The van der Waals surface area contributed by atoms with E-state index in [9.17, 15) is 27.9 Å². The van der Waals surface area contributed by atoms with Gasteiger partial charge in [-0.05, 0) is 27.7 Å². The number of esters is 2. The van der Waals surface area contributed by atoms with Gasteiger partial charge in [0.15, 0.2) is 0 Å². The monoisotopic (exact) mass is 272 g/mol. The van der Waals surface area contributed by atoms with Crippen LogP contribution in [0.25, 0.3) is 0 Å². The van der Waals surface area contributed by atoms with E-state index >= 15 is 0 Å². The van der Waals surface area contributed by atoms with Crippen LogP contribution in [0, 0.1) is 0 Å². The van der Waals surface area contributed by atoms with E-state index in [0.717, 1.165) is 0 Å². The molecular weight excluding hydrogens is 257 g/mol. The van der Waals surface area contributed by atoms with Crippen LogP contribution in [0.3, 0.4) is 0 Å². The van der Waals surface area contributed by atoms with E-state index in [1.165, 1.54) is 27.7 Å². The van der Waals surface area contributed by atoms with Crippen LogP contribution >= 0.6 is 0 Å². The molecule has 0 rings (SSSR count). The van der Waals surface area contributed by atoms with Crippen molar-refractivity contribution in [1.29, 1.82) is 0 Å². The lowest BCUT2D eigenvalue weighted by molar-refractivity contribution is -0.267. The summed E-state index contributed by atoms with van der Waals surface area (Å²) in [4.78, 5) is 22.5. The van der Waals surface area contributed by atoms with Crippen molar-refractivity contribution < 1.29 is 37.3 Å². The summed E-state index contributed by atoms with van der Waals surface area (Å²) in [5, 5.41) is 9.31. The molecule has 0 aromatic heterocycles. The van der Waals surface area contributed by atoms with Crippen LogP contribution in [0.1, 0.15) is 27.7 Å². The molecule has 0 aromatic rings. The molecule has 18 heavy (non-hydrogen) atoms. The van der Waals surface area contributed by atoms with Crippen LogP contribution in [-0.2, 0) is 19.1 Å². The molecule has 106 valence electrons. The lowest BCUT2D eigenvalue weighted by Gasteiger charge is -2.29. The van der Waals surface area contributed by atoms with Crippen molar-refractivity contribution in [3.8, 4) is 0 Å². The number of rotatable bonds is 3. The molecule has 0 aromatic carbocycles. The van der Waals surface area contributed by atoms with Crippen molar-refractivity contribution in [2.24, 2.45) is 0 Å². The third-order valence-electron chi connectivity index (χ3n) is 1.68. The van der Waals surface area contributed by atoms with Crippen LogP contribution in [0.2, 0.25) is 0 Å². The minimum atomic E-state index is -5.53. The van der Waals surface area contributed by atoms with Crippen LogP contribution in [0.4, 0.5) is 13.2 Å². The van der Waals surface area contributed by atoms with Gasteiger partial charge < -0.3 is 14.6 Å². The predicted molar refractivity (Wildman–Crippen MR) is 53.5 cm³/mol. The first-order valence-electron chi connectivity index (χ1n) is 5.06. The molecule has 1 N–H and O–H groups in total. The molecule has 0 radical (unpaired) electrons. The molecule has 5 nitrogen and oxygen atoms in total. The second kappa shape index (κ2) is 5.13. The molecule has 0 aliphatic heterocycles. The van der Waals surface area contributed by atoms with E-state index in [-0.39, 0.29) is 0 Å². The third kappa shape index (κ3) is 3.59. The zero-order valence-corrected chi connectivity index (χ0v) is 10.4. The standard InChI is InChI=1S/C10H15F3O5/c1-5-17-6(14)9(16,10(11,12)13)7(15)18-8(2,3)4/h16H,5H2,1-4H3. The highest BCUT2D eigenvalue weighted by atomic mass is 19.4. The van der Waals surface area contributed by atoms with E-state index < -0.39 is 35.9 Å². The van der Waals surface area contributed by atoms with Gasteiger partial charge in [0.25, 0.3) is 0 Å². The van der Waals surface area contributed by atoms with E-state index in [2.05, 4.69) is 9.47 Å². The van der Waals surface area contributed by atoms with Gasteiger partial charge in [0.2, 0.25) is 0 Å². The van der Waals surface area contributed by atoms with Crippen LogP contribution in [-0.4, -0.2) is 41.0 Å². The number of carbonyl (C=O) groups is 2. The van der Waals surface area contributed by atoms with Gasteiger partial charge in [-0.1, -0.05) is 0 Å². The van der Waals surface area contributed by atoms with Crippen LogP contribution < -0.4 is 0 Å². The summed E-state index contributed by atoms with van der Waals surface area (Å²) in [6, 6.07) is 0. The normalized spacial score (nSPS) is 15.8. The van der Waals surface area contributed by atoms with Gasteiger partial charge in [-0.25, -0.2) is 9.59 Å². The highest BCUT2D eigenvalue weighted by Gasteiger charge is 2.68. The Kier molecular flexibility index (Phi) is 4.76. The summed E-state index contributed by atoms with van der Waals surface area (Å²) in [6.07, 6.45) is -5.53. The first-order valence-corrected chi connectivity index (χ1v) is 5.06. The smallest absolute Gasteiger partial charge is 0.439 e. The fraction of sp³-hybridized carbons (Fsp3) is 0.800. The molecule has 8 heteroatoms. The molecule has 1 atom stereocenters. The minimum absolute atomic E-state index is 0.417. The van der Waals surface area contributed by atoms with Gasteiger partial charge in [-0.3, -0.25) is 0 Å². The lowest BCUT2D eigenvalue weighted by atomic mass is 10.0. The molecule has 0 aliphatic rings. The number of hydrogen-bond acceptors (Lipinski definition) is 5. The van der Waals surface area contributed by atoms with Crippen molar-refractivity contribution in [3.63, 3.8) is 0 Å². The first-order chi connectivity index (χ1) is 7.86. The number of halogens is 3. The Morgan fingerprint density at radius 2 is 1.56 bits per heavy atom. The molecule has 0 bridgehead atoms. The molecule has 0 heterocycles. The average molecular weight is 272 g/mol. The summed E-state index contributed by atoms with van der Waals surface area (Å²) in [7, 11) is 0. The number of ether oxygens (including phenoxy) is 2. The highest BCUT2D eigenvalue weighted by Crippen LogP contribution is 2.33. The lowest BCUT2D eigenvalue weighted by Crippen LogP contribution is -2.60. The fourth-order valence-corrected chi connectivity index (χ4v) is 0.902. The Bertz CT molecular complexity index is 331. The molecule has 0 fully saturated rings. The van der Waals surface area contributed by atoms with E-state index in [4.69, 9.17) is 0 Å². The molecule has 0 saturated carbocycles. The topological polar surface area (TPSA) is 72.8 Å². The maximum absolute atomic E-state index is 12.7. The van der Waals surface area contributed by atoms with Gasteiger partial charge in [0.05, 0.1) is 6.61 Å². The van der Waals surface area contributed by atoms with Crippen molar-refractivity contribution in [1.82, 2.24) is 0 Å². The Morgan fingerprint density at radius 1 is 1.11 bits per heavy atom. The number of alkyl halides is 3. The maximum atomic E-state index is 12.7. The molecule has 0 spiro atoms. The van der Waals surface area contributed by atoms with E-state index in [1.54, 1.807) is 0 Å². The maximum Gasteiger partial charge on any atom is 0.439 e.